The molecule has 4 rings (SSSR count). The van der Waals surface area contributed by atoms with Gasteiger partial charge in [-0.05, 0) is 24.7 Å². The summed E-state index contributed by atoms with van der Waals surface area (Å²) in [6.07, 6.45) is 1.43. The van der Waals surface area contributed by atoms with E-state index < -0.39 is 17.6 Å². The molecule has 2 heterocycles. The number of aliphatic hydroxyl groups is 3. The predicted octanol–water partition coefficient (Wildman–Crippen LogP) is 0.822. The Hall–Kier alpha value is -1.42. The van der Waals surface area contributed by atoms with Crippen LogP contribution < -0.4 is 5.73 Å². The molecule has 5 N–H and O–H groups in total. The molecular weight excluding hydrogens is 354 g/mol. The van der Waals surface area contributed by atoms with Crippen molar-refractivity contribution in [1.82, 2.24) is 19.5 Å². The van der Waals surface area contributed by atoms with E-state index in [0.29, 0.717) is 34.5 Å². The molecular formula is C17H25N5O3S. The first-order valence-corrected chi connectivity index (χ1v) is 9.97. The summed E-state index contributed by atoms with van der Waals surface area (Å²) in [4.78, 5) is 13.3. The quantitative estimate of drug-likeness (QED) is 0.429. The summed E-state index contributed by atoms with van der Waals surface area (Å²) in [5.74, 6) is 1.82. The number of hydrogen-bond donors (Lipinski definition) is 4. The van der Waals surface area contributed by atoms with Gasteiger partial charge >= 0.3 is 0 Å². The Kier molecular flexibility index (Phi) is 4.37. The number of aromatic nitrogens is 4. The van der Waals surface area contributed by atoms with Crippen LogP contribution in [0.25, 0.3) is 11.2 Å². The third-order valence-electron chi connectivity index (χ3n) is 5.82. The van der Waals surface area contributed by atoms with Gasteiger partial charge in [0.15, 0.2) is 16.6 Å². The molecule has 0 amide bonds. The second-order valence-electron chi connectivity index (χ2n) is 7.87. The number of nitrogen functional groups attached to an aromatic ring is 1. The Morgan fingerprint density at radius 3 is 2.81 bits per heavy atom. The number of nitrogens with two attached hydrogens (primary N) is 1. The number of anilines is 1. The fraction of sp³-hybridized carbons (Fsp3) is 0.706. The summed E-state index contributed by atoms with van der Waals surface area (Å²) in [5.41, 5.74) is 6.54. The second kappa shape index (κ2) is 6.33. The van der Waals surface area contributed by atoms with Gasteiger partial charge in [0.1, 0.15) is 11.6 Å². The van der Waals surface area contributed by atoms with E-state index in [9.17, 15) is 15.3 Å². The molecule has 5 atom stereocenters. The summed E-state index contributed by atoms with van der Waals surface area (Å²) in [5, 5.41) is 31.2. The zero-order valence-corrected chi connectivity index (χ0v) is 15.7. The minimum absolute atomic E-state index is 0.00290. The van der Waals surface area contributed by atoms with Crippen molar-refractivity contribution >= 4 is 28.7 Å². The van der Waals surface area contributed by atoms with E-state index in [4.69, 9.17) is 5.73 Å². The highest BCUT2D eigenvalue weighted by atomic mass is 32.2. The molecule has 0 saturated heterocycles. The monoisotopic (exact) mass is 379 g/mol. The highest BCUT2D eigenvalue weighted by Gasteiger charge is 2.71. The van der Waals surface area contributed by atoms with E-state index in [1.54, 1.807) is 22.7 Å². The molecule has 1 unspecified atom stereocenters. The Balaban J connectivity index is 1.67. The van der Waals surface area contributed by atoms with Crippen LogP contribution in [0.4, 0.5) is 5.82 Å². The summed E-state index contributed by atoms with van der Waals surface area (Å²) in [7, 11) is 0. The van der Waals surface area contributed by atoms with Crippen molar-refractivity contribution in [2.45, 2.75) is 50.1 Å². The molecule has 2 saturated carbocycles. The van der Waals surface area contributed by atoms with Crippen molar-refractivity contribution in [3.8, 4) is 0 Å². The number of thioether (sulfide) groups is 1. The lowest BCUT2D eigenvalue weighted by molar-refractivity contribution is -0.0300. The van der Waals surface area contributed by atoms with Crippen molar-refractivity contribution in [3.63, 3.8) is 0 Å². The van der Waals surface area contributed by atoms with Crippen LogP contribution in [-0.4, -0.2) is 59.4 Å². The van der Waals surface area contributed by atoms with Crippen molar-refractivity contribution in [3.05, 3.63) is 6.33 Å². The second-order valence-corrected chi connectivity index (χ2v) is 8.94. The summed E-state index contributed by atoms with van der Waals surface area (Å²) in [6.45, 7) is 4.21. The number of aliphatic hydroxyl groups excluding tert-OH is 3. The Morgan fingerprint density at radius 1 is 1.38 bits per heavy atom. The van der Waals surface area contributed by atoms with Gasteiger partial charge in [0.05, 0.1) is 25.1 Å². The SMILES string of the molecule is CC(C)CCSc1nc(N)c2ncn([C@H]3C(O)[C@@H](O)[C@]4(CO)C[C@H]34)c2n1. The Morgan fingerprint density at radius 2 is 2.15 bits per heavy atom. The molecule has 2 aliphatic rings. The lowest BCUT2D eigenvalue weighted by Gasteiger charge is -2.23. The van der Waals surface area contributed by atoms with Gasteiger partial charge in [-0.2, -0.15) is 0 Å². The first-order chi connectivity index (χ1) is 12.4. The van der Waals surface area contributed by atoms with Gasteiger partial charge in [0.2, 0.25) is 0 Å². The largest absolute Gasteiger partial charge is 0.396 e. The van der Waals surface area contributed by atoms with Crippen LogP contribution in [0.3, 0.4) is 0 Å². The molecule has 0 radical (unpaired) electrons. The Labute approximate surface area is 155 Å². The standard InChI is InChI=1S/C17H25N5O3S/c1-8(2)3-4-26-16-20-14(18)10-15(21-16)22(7-19-10)11-9-5-17(9,6-23)13(25)12(11)24/h7-9,11-13,23-25H,3-6H2,1-2H3,(H2,18,20,21)/t9-,11-,12?,13-,17+/m1/s1. The average Bonchev–Trinajstić information content (AvgIpc) is 3.11. The highest BCUT2D eigenvalue weighted by molar-refractivity contribution is 7.99. The van der Waals surface area contributed by atoms with E-state index >= 15 is 0 Å². The highest BCUT2D eigenvalue weighted by Crippen LogP contribution is 2.67. The van der Waals surface area contributed by atoms with Gasteiger partial charge in [-0.15, -0.1) is 0 Å². The normalized spacial score (nSPS) is 33.2. The minimum atomic E-state index is -0.966. The maximum Gasteiger partial charge on any atom is 0.191 e. The third kappa shape index (κ3) is 2.60. The van der Waals surface area contributed by atoms with E-state index in [2.05, 4.69) is 28.8 Å². The topological polar surface area (TPSA) is 130 Å². The first-order valence-electron chi connectivity index (χ1n) is 8.99. The average molecular weight is 379 g/mol. The van der Waals surface area contributed by atoms with Crippen LogP contribution in [0.5, 0.6) is 0 Å². The van der Waals surface area contributed by atoms with E-state index in [1.165, 1.54) is 0 Å². The molecule has 26 heavy (non-hydrogen) atoms. The van der Waals surface area contributed by atoms with E-state index in [0.717, 1.165) is 12.2 Å². The first kappa shape index (κ1) is 18.0. The number of nitrogens with zero attached hydrogens (tertiary/aromatic N) is 4. The lowest BCUT2D eigenvalue weighted by Crippen LogP contribution is -2.35. The molecule has 9 heteroatoms. The molecule has 8 nitrogen and oxygen atoms in total. The molecule has 0 bridgehead atoms. The molecule has 142 valence electrons. The van der Waals surface area contributed by atoms with Gasteiger partial charge in [0, 0.05) is 11.2 Å². The smallest absolute Gasteiger partial charge is 0.191 e. The minimum Gasteiger partial charge on any atom is -0.396 e. The van der Waals surface area contributed by atoms with Gasteiger partial charge in [-0.3, -0.25) is 0 Å². The fourth-order valence-corrected chi connectivity index (χ4v) is 5.22. The summed E-state index contributed by atoms with van der Waals surface area (Å²) in [6, 6.07) is -0.370. The van der Waals surface area contributed by atoms with Crippen LogP contribution in [0.15, 0.2) is 11.5 Å². The number of hydrogen-bond acceptors (Lipinski definition) is 8. The van der Waals surface area contributed by atoms with Crippen LogP contribution in [-0.2, 0) is 0 Å². The van der Waals surface area contributed by atoms with E-state index in [1.807, 2.05) is 0 Å². The zero-order chi connectivity index (χ0) is 18.6. The van der Waals surface area contributed by atoms with Crippen molar-refractivity contribution in [2.75, 3.05) is 18.1 Å². The van der Waals surface area contributed by atoms with Crippen LogP contribution >= 0.6 is 11.8 Å². The molecule has 0 spiro atoms. The molecule has 0 aliphatic heterocycles. The maximum absolute atomic E-state index is 10.5. The van der Waals surface area contributed by atoms with Gasteiger partial charge in [-0.1, -0.05) is 25.6 Å². The molecule has 0 aromatic carbocycles. The number of rotatable bonds is 6. The molecule has 2 fully saturated rings. The van der Waals surface area contributed by atoms with Crippen LogP contribution in [0.1, 0.15) is 32.7 Å². The molecule has 2 aliphatic carbocycles. The number of fused-ring (bicyclic) bond motifs is 2. The van der Waals surface area contributed by atoms with Crippen molar-refractivity contribution in [2.24, 2.45) is 17.3 Å². The van der Waals surface area contributed by atoms with Gasteiger partial charge in [-0.25, -0.2) is 15.0 Å². The van der Waals surface area contributed by atoms with Crippen molar-refractivity contribution < 1.29 is 15.3 Å². The fourth-order valence-electron chi connectivity index (χ4n) is 4.14. The van der Waals surface area contributed by atoms with Crippen LogP contribution in [0.2, 0.25) is 0 Å². The summed E-state index contributed by atoms with van der Waals surface area (Å²) >= 11 is 1.55. The third-order valence-corrected chi connectivity index (χ3v) is 6.70. The van der Waals surface area contributed by atoms with Crippen LogP contribution in [0, 0.1) is 17.3 Å². The predicted molar refractivity (Wildman–Crippen MR) is 98.6 cm³/mol. The molecule has 2 aromatic rings. The number of imidazole rings is 1. The molecule has 2 aromatic heterocycles. The Bertz CT molecular complexity index is 828. The summed E-state index contributed by atoms with van der Waals surface area (Å²) < 4.78 is 1.79. The lowest BCUT2D eigenvalue weighted by atomic mass is 10.0. The van der Waals surface area contributed by atoms with Gasteiger partial charge in [0.25, 0.3) is 0 Å². The maximum atomic E-state index is 10.5. The van der Waals surface area contributed by atoms with E-state index in [-0.39, 0.29) is 18.6 Å². The van der Waals surface area contributed by atoms with Crippen molar-refractivity contribution in [1.29, 1.82) is 0 Å². The zero-order valence-electron chi connectivity index (χ0n) is 14.9. The van der Waals surface area contributed by atoms with Gasteiger partial charge < -0.3 is 25.6 Å².